The third-order valence-corrected chi connectivity index (χ3v) is 3.43. The van der Waals surface area contributed by atoms with Crippen molar-refractivity contribution in [2.45, 2.75) is 31.3 Å². The van der Waals surface area contributed by atoms with Crippen molar-refractivity contribution in [1.82, 2.24) is 5.32 Å². The van der Waals surface area contributed by atoms with Crippen molar-refractivity contribution < 1.29 is 49.5 Å². The summed E-state index contributed by atoms with van der Waals surface area (Å²) < 4.78 is 0. The second-order valence-corrected chi connectivity index (χ2v) is 5.59. The highest BCUT2D eigenvalue weighted by molar-refractivity contribution is 5.77. The lowest BCUT2D eigenvalue weighted by molar-refractivity contribution is -0.156. The summed E-state index contributed by atoms with van der Waals surface area (Å²) in [5, 5.41) is 45.9. The fourth-order valence-corrected chi connectivity index (χ4v) is 2.50. The maximum absolute atomic E-state index is 11.1. The van der Waals surface area contributed by atoms with Crippen molar-refractivity contribution in [2.75, 3.05) is 13.1 Å². The Morgan fingerprint density at radius 2 is 1.04 bits per heavy atom. The number of hydrogen-bond donors (Lipinski definition) is 9. The molecule has 27 heavy (non-hydrogen) atoms. The van der Waals surface area contributed by atoms with Gasteiger partial charge < -0.3 is 42.7 Å². The van der Waals surface area contributed by atoms with Gasteiger partial charge in [-0.25, -0.2) is 4.79 Å². The molecule has 0 aliphatic heterocycles. The van der Waals surface area contributed by atoms with E-state index in [1.165, 1.54) is 0 Å². The number of nitrogens with two attached hydrogens (primary N) is 3. The van der Waals surface area contributed by atoms with E-state index < -0.39 is 66.7 Å². The topological polar surface area (TPSA) is 277 Å². The van der Waals surface area contributed by atoms with Gasteiger partial charge in [0.1, 0.15) is 0 Å². The zero-order valence-electron chi connectivity index (χ0n) is 14.3. The second kappa shape index (κ2) is 11.6. The van der Waals surface area contributed by atoms with Crippen LogP contribution in [0.25, 0.3) is 0 Å². The molecule has 14 nitrogen and oxygen atoms in total. The van der Waals surface area contributed by atoms with E-state index in [0.29, 0.717) is 0 Å². The number of aliphatic carboxylic acids is 4. The van der Waals surface area contributed by atoms with Crippen molar-refractivity contribution in [2.24, 2.45) is 22.6 Å². The van der Waals surface area contributed by atoms with Crippen molar-refractivity contribution in [1.29, 1.82) is 0 Å². The maximum Gasteiger partial charge on any atom is 0.402 e. The SMILES string of the molecule is NC(=O)O.NCCNC(N)(CC(=O)O)C(CC(=O)O)(CC(=O)O)CC(=O)O. The first kappa shape index (κ1) is 26.3. The van der Waals surface area contributed by atoms with Gasteiger partial charge >= 0.3 is 30.0 Å². The van der Waals surface area contributed by atoms with Gasteiger partial charge in [-0.1, -0.05) is 0 Å². The molecule has 0 aromatic heterocycles. The summed E-state index contributed by atoms with van der Waals surface area (Å²) in [5.41, 5.74) is 11.1. The van der Waals surface area contributed by atoms with Crippen LogP contribution in [0.4, 0.5) is 4.79 Å². The van der Waals surface area contributed by atoms with Crippen LogP contribution in [-0.4, -0.2) is 74.3 Å². The predicted octanol–water partition coefficient (Wildman–Crippen LogP) is -2.30. The molecule has 0 aromatic carbocycles. The van der Waals surface area contributed by atoms with Crippen molar-refractivity contribution in [3.63, 3.8) is 0 Å². The molecule has 1 unspecified atom stereocenters. The van der Waals surface area contributed by atoms with Crippen LogP contribution in [0.5, 0.6) is 0 Å². The first-order chi connectivity index (χ1) is 12.2. The molecule has 0 saturated carbocycles. The first-order valence-electron chi connectivity index (χ1n) is 7.31. The fourth-order valence-electron chi connectivity index (χ4n) is 2.50. The predicted molar refractivity (Wildman–Crippen MR) is 87.6 cm³/mol. The van der Waals surface area contributed by atoms with Crippen LogP contribution in [0.3, 0.4) is 0 Å². The summed E-state index contributed by atoms with van der Waals surface area (Å²) in [7, 11) is 0. The van der Waals surface area contributed by atoms with E-state index in [9.17, 15) is 19.2 Å². The summed E-state index contributed by atoms with van der Waals surface area (Å²) in [6.45, 7) is -0.0494. The van der Waals surface area contributed by atoms with Crippen LogP contribution in [0.15, 0.2) is 0 Å². The van der Waals surface area contributed by atoms with Gasteiger partial charge in [-0.05, 0) is 0 Å². The molecule has 0 aliphatic rings. The van der Waals surface area contributed by atoms with E-state index in [0.717, 1.165) is 0 Å². The first-order valence-corrected chi connectivity index (χ1v) is 7.31. The smallest absolute Gasteiger partial charge is 0.402 e. The molecule has 1 atom stereocenters. The standard InChI is InChI=1S/C12H21N3O8.CH3NO2/c13-1-2-15-12(14,6-10(22)23)11(3-7(16)17,4-8(18)19)5-9(20)21;2-1(3)4/h15H,1-6,13-14H2,(H,16,17)(H,18,19)(H,20,21)(H,22,23);2H2,(H,3,4). The summed E-state index contributed by atoms with van der Waals surface area (Å²) in [5.74, 6) is -5.94. The van der Waals surface area contributed by atoms with E-state index in [1.54, 1.807) is 0 Å². The summed E-state index contributed by atoms with van der Waals surface area (Å²) in [4.78, 5) is 53.3. The third-order valence-electron chi connectivity index (χ3n) is 3.43. The van der Waals surface area contributed by atoms with Crippen molar-refractivity contribution >= 4 is 30.0 Å². The van der Waals surface area contributed by atoms with Gasteiger partial charge in [0.15, 0.2) is 0 Å². The molecule has 0 fully saturated rings. The highest BCUT2D eigenvalue weighted by atomic mass is 16.4. The normalized spacial score (nSPS) is 12.8. The molecule has 1 amide bonds. The Kier molecular flexibility index (Phi) is 11.3. The Morgan fingerprint density at radius 3 is 1.26 bits per heavy atom. The average Bonchev–Trinajstić information content (AvgIpc) is 2.41. The molecule has 0 spiro atoms. The Labute approximate surface area is 152 Å². The molecule has 0 aromatic rings. The minimum Gasteiger partial charge on any atom is -0.481 e. The Balaban J connectivity index is 0. The van der Waals surface area contributed by atoms with Gasteiger partial charge in [0.25, 0.3) is 0 Å². The Bertz CT molecular complexity index is 523. The van der Waals surface area contributed by atoms with Crippen LogP contribution >= 0.6 is 0 Å². The fraction of sp³-hybridized carbons (Fsp3) is 0.615. The van der Waals surface area contributed by atoms with Crippen LogP contribution in [0.1, 0.15) is 25.7 Å². The number of hydrogen-bond acceptors (Lipinski definition) is 8. The maximum atomic E-state index is 11.1. The molecule has 0 bridgehead atoms. The molecule has 0 aliphatic carbocycles. The lowest BCUT2D eigenvalue weighted by Crippen LogP contribution is -2.68. The van der Waals surface area contributed by atoms with Gasteiger partial charge in [0.05, 0.1) is 31.3 Å². The van der Waals surface area contributed by atoms with E-state index in [2.05, 4.69) is 11.1 Å². The molecule has 0 heterocycles. The molecular formula is C13H24N4O10. The van der Waals surface area contributed by atoms with E-state index >= 15 is 0 Å². The minimum atomic E-state index is -2.09. The molecule has 0 saturated heterocycles. The van der Waals surface area contributed by atoms with Crippen molar-refractivity contribution in [3.05, 3.63) is 0 Å². The van der Waals surface area contributed by atoms with E-state index in [-0.39, 0.29) is 13.1 Å². The van der Waals surface area contributed by atoms with E-state index in [4.69, 9.17) is 41.8 Å². The number of primary amides is 1. The van der Waals surface area contributed by atoms with Crippen LogP contribution in [0.2, 0.25) is 0 Å². The van der Waals surface area contributed by atoms with Gasteiger partial charge in [-0.15, -0.1) is 0 Å². The minimum absolute atomic E-state index is 0.00185. The zero-order valence-corrected chi connectivity index (χ0v) is 14.3. The zero-order chi connectivity index (χ0) is 21.8. The van der Waals surface area contributed by atoms with Crippen LogP contribution < -0.4 is 22.5 Å². The monoisotopic (exact) mass is 396 g/mol. The molecule has 0 rings (SSSR count). The number of carboxylic acid groups (broad SMARTS) is 5. The Morgan fingerprint density at radius 1 is 0.741 bits per heavy atom. The van der Waals surface area contributed by atoms with Gasteiger partial charge in [-0.3, -0.25) is 24.5 Å². The number of amides is 1. The highest BCUT2D eigenvalue weighted by Gasteiger charge is 2.53. The molecular weight excluding hydrogens is 372 g/mol. The second-order valence-electron chi connectivity index (χ2n) is 5.59. The number of nitrogens with one attached hydrogen (secondary N) is 1. The molecule has 14 heteroatoms. The molecule has 156 valence electrons. The number of rotatable bonds is 12. The largest absolute Gasteiger partial charge is 0.481 e. The van der Waals surface area contributed by atoms with Crippen molar-refractivity contribution in [3.8, 4) is 0 Å². The number of carboxylic acids is 4. The molecule has 12 N–H and O–H groups in total. The summed E-state index contributed by atoms with van der Waals surface area (Å²) >= 11 is 0. The molecule has 0 radical (unpaired) electrons. The van der Waals surface area contributed by atoms with Gasteiger partial charge in [-0.2, -0.15) is 0 Å². The van der Waals surface area contributed by atoms with Gasteiger partial charge in [0, 0.05) is 18.5 Å². The third kappa shape index (κ3) is 10.6. The lowest BCUT2D eigenvalue weighted by Gasteiger charge is -2.46. The van der Waals surface area contributed by atoms with Crippen LogP contribution in [0, 0.1) is 5.41 Å². The average molecular weight is 396 g/mol. The van der Waals surface area contributed by atoms with E-state index in [1.807, 2.05) is 0 Å². The summed E-state index contributed by atoms with van der Waals surface area (Å²) in [6.07, 6.45) is -5.02. The Hall–Kier alpha value is -2.97. The highest BCUT2D eigenvalue weighted by Crippen LogP contribution is 2.41. The quantitative estimate of drug-likeness (QED) is 0.157. The van der Waals surface area contributed by atoms with Crippen LogP contribution in [-0.2, 0) is 19.2 Å². The number of carbonyl (C=O) groups is 5. The lowest BCUT2D eigenvalue weighted by atomic mass is 9.66. The van der Waals surface area contributed by atoms with Gasteiger partial charge in [0.2, 0.25) is 0 Å². The summed E-state index contributed by atoms with van der Waals surface area (Å²) in [6, 6.07) is 0.